The van der Waals surface area contributed by atoms with Crippen molar-refractivity contribution in [1.82, 2.24) is 5.32 Å². The van der Waals surface area contributed by atoms with Crippen LogP contribution in [0.2, 0.25) is 0 Å². The number of ether oxygens (including phenoxy) is 1. The molecule has 3 atom stereocenters. The summed E-state index contributed by atoms with van der Waals surface area (Å²) in [6, 6.07) is 2.09. The van der Waals surface area contributed by atoms with Crippen LogP contribution in [0.4, 0.5) is 13.2 Å². The summed E-state index contributed by atoms with van der Waals surface area (Å²) < 4.78 is 42.5. The van der Waals surface area contributed by atoms with Crippen molar-refractivity contribution in [3.63, 3.8) is 0 Å². The van der Waals surface area contributed by atoms with Gasteiger partial charge in [0.05, 0.1) is 18.1 Å². The van der Waals surface area contributed by atoms with Crippen LogP contribution in [0.5, 0.6) is 0 Å². The molecule has 0 saturated heterocycles. The molecule has 27 heavy (non-hydrogen) atoms. The molecule has 1 rings (SSSR count). The Hall–Kier alpha value is -2.62. The van der Waals surface area contributed by atoms with Gasteiger partial charge < -0.3 is 20.9 Å². The fourth-order valence-electron chi connectivity index (χ4n) is 2.24. The highest BCUT2D eigenvalue weighted by molar-refractivity contribution is 5.89. The SMILES string of the molecule is CCOC(=O)[C@@H](C)C[C@H](NC(=O)[C@@H](O)c1ccc(C(F)(F)F)cc1)C(N)=O. The van der Waals surface area contributed by atoms with E-state index in [0.29, 0.717) is 0 Å². The molecule has 0 aromatic heterocycles. The van der Waals surface area contributed by atoms with Crippen molar-refractivity contribution in [2.45, 2.75) is 38.6 Å². The Morgan fingerprint density at radius 2 is 1.78 bits per heavy atom. The number of aliphatic hydroxyl groups excluding tert-OH is 1. The number of amides is 2. The van der Waals surface area contributed by atoms with Gasteiger partial charge >= 0.3 is 12.1 Å². The molecule has 0 aliphatic rings. The quantitative estimate of drug-likeness (QED) is 0.578. The monoisotopic (exact) mass is 390 g/mol. The maximum Gasteiger partial charge on any atom is 0.416 e. The number of benzene rings is 1. The molecule has 1 aromatic carbocycles. The number of primary amides is 1. The van der Waals surface area contributed by atoms with Crippen molar-refractivity contribution in [1.29, 1.82) is 0 Å². The largest absolute Gasteiger partial charge is 0.466 e. The van der Waals surface area contributed by atoms with Crippen LogP contribution in [0, 0.1) is 5.92 Å². The Bertz CT molecular complexity index is 676. The van der Waals surface area contributed by atoms with E-state index in [4.69, 9.17) is 10.5 Å². The molecule has 0 fully saturated rings. The van der Waals surface area contributed by atoms with Gasteiger partial charge in [0.25, 0.3) is 5.91 Å². The second kappa shape index (κ2) is 9.36. The number of alkyl halides is 3. The van der Waals surface area contributed by atoms with Gasteiger partial charge in [-0.1, -0.05) is 19.1 Å². The lowest BCUT2D eigenvalue weighted by atomic mass is 10.0. The van der Waals surface area contributed by atoms with Crippen molar-refractivity contribution < 1.29 is 37.4 Å². The van der Waals surface area contributed by atoms with Crippen LogP contribution >= 0.6 is 0 Å². The van der Waals surface area contributed by atoms with Gasteiger partial charge in [-0.25, -0.2) is 0 Å². The van der Waals surface area contributed by atoms with Crippen molar-refractivity contribution in [3.05, 3.63) is 35.4 Å². The second-order valence-electron chi connectivity index (χ2n) is 5.87. The summed E-state index contributed by atoms with van der Waals surface area (Å²) in [5.74, 6) is -3.29. The number of nitrogens with one attached hydrogen (secondary N) is 1. The van der Waals surface area contributed by atoms with E-state index in [-0.39, 0.29) is 18.6 Å². The third-order valence-electron chi connectivity index (χ3n) is 3.74. The van der Waals surface area contributed by atoms with E-state index in [0.717, 1.165) is 24.3 Å². The van der Waals surface area contributed by atoms with Gasteiger partial charge in [-0.2, -0.15) is 13.2 Å². The van der Waals surface area contributed by atoms with Crippen LogP contribution in [0.3, 0.4) is 0 Å². The van der Waals surface area contributed by atoms with E-state index in [2.05, 4.69) is 5.32 Å². The normalized spacial score (nSPS) is 14.7. The number of carbonyl (C=O) groups is 3. The molecular weight excluding hydrogens is 369 g/mol. The Morgan fingerprint density at radius 1 is 1.22 bits per heavy atom. The van der Waals surface area contributed by atoms with Crippen LogP contribution < -0.4 is 11.1 Å². The first-order chi connectivity index (χ1) is 12.5. The summed E-state index contributed by atoms with van der Waals surface area (Å²) in [6.45, 7) is 3.23. The molecule has 7 nitrogen and oxygen atoms in total. The van der Waals surface area contributed by atoms with Crippen molar-refractivity contribution in [2.24, 2.45) is 11.7 Å². The molecule has 2 amide bonds. The molecule has 0 saturated carbocycles. The molecule has 4 N–H and O–H groups in total. The fourth-order valence-corrected chi connectivity index (χ4v) is 2.24. The highest BCUT2D eigenvalue weighted by Crippen LogP contribution is 2.30. The van der Waals surface area contributed by atoms with Crippen LogP contribution in [0.1, 0.15) is 37.5 Å². The smallest absolute Gasteiger partial charge is 0.416 e. The number of rotatable bonds is 8. The first-order valence-corrected chi connectivity index (χ1v) is 8.08. The van der Waals surface area contributed by atoms with E-state index >= 15 is 0 Å². The highest BCUT2D eigenvalue weighted by Gasteiger charge is 2.31. The number of halogens is 3. The summed E-state index contributed by atoms with van der Waals surface area (Å²) >= 11 is 0. The molecule has 0 unspecified atom stereocenters. The van der Waals surface area contributed by atoms with Crippen LogP contribution in [-0.2, 0) is 25.3 Å². The van der Waals surface area contributed by atoms with Gasteiger partial charge in [-0.05, 0) is 31.0 Å². The Labute approximate surface area is 153 Å². The van der Waals surface area contributed by atoms with Gasteiger partial charge in [0.15, 0.2) is 6.10 Å². The Kier molecular flexibility index (Phi) is 7.77. The van der Waals surface area contributed by atoms with Crippen LogP contribution in [0.25, 0.3) is 0 Å². The van der Waals surface area contributed by atoms with E-state index in [1.54, 1.807) is 6.92 Å². The molecule has 0 aliphatic carbocycles. The summed E-state index contributed by atoms with van der Waals surface area (Å²) in [4.78, 5) is 35.3. The third-order valence-corrected chi connectivity index (χ3v) is 3.74. The molecule has 150 valence electrons. The van der Waals surface area contributed by atoms with Crippen LogP contribution in [-0.4, -0.2) is 35.5 Å². The standard InChI is InChI=1S/C17H21F3N2O5/c1-3-27-16(26)9(2)8-12(14(21)24)22-15(25)13(23)10-4-6-11(7-5-10)17(18,19)20/h4-7,9,12-13,23H,3,8H2,1-2H3,(H2,21,24)(H,22,25)/t9-,12-,13-/m0/s1. The average Bonchev–Trinajstić information content (AvgIpc) is 2.59. The van der Waals surface area contributed by atoms with Crippen molar-refractivity contribution in [2.75, 3.05) is 6.61 Å². The summed E-state index contributed by atoms with van der Waals surface area (Å²) in [5, 5.41) is 12.2. The van der Waals surface area contributed by atoms with E-state index in [1.165, 1.54) is 6.92 Å². The Morgan fingerprint density at radius 3 is 2.22 bits per heavy atom. The summed E-state index contributed by atoms with van der Waals surface area (Å²) in [6.07, 6.45) is -6.52. The third kappa shape index (κ3) is 6.55. The molecule has 0 bridgehead atoms. The molecule has 0 radical (unpaired) electrons. The number of carbonyl (C=O) groups excluding carboxylic acids is 3. The first kappa shape index (κ1) is 22.4. The molecule has 10 heteroatoms. The van der Waals surface area contributed by atoms with Gasteiger partial charge in [0.2, 0.25) is 5.91 Å². The minimum Gasteiger partial charge on any atom is -0.466 e. The second-order valence-corrected chi connectivity index (χ2v) is 5.87. The van der Waals surface area contributed by atoms with Gasteiger partial charge in [0, 0.05) is 0 Å². The Balaban J connectivity index is 2.80. The summed E-state index contributed by atoms with van der Waals surface area (Å²) in [7, 11) is 0. The maximum absolute atomic E-state index is 12.6. The minimum atomic E-state index is -4.55. The van der Waals surface area contributed by atoms with Gasteiger partial charge in [0.1, 0.15) is 6.04 Å². The lowest BCUT2D eigenvalue weighted by molar-refractivity contribution is -0.148. The molecule has 0 heterocycles. The number of hydrogen-bond donors (Lipinski definition) is 3. The molecular formula is C17H21F3N2O5. The zero-order valence-electron chi connectivity index (χ0n) is 14.7. The lowest BCUT2D eigenvalue weighted by Gasteiger charge is -2.20. The van der Waals surface area contributed by atoms with Gasteiger partial charge in [-0.15, -0.1) is 0 Å². The number of aliphatic hydroxyl groups is 1. The first-order valence-electron chi connectivity index (χ1n) is 8.08. The van der Waals surface area contributed by atoms with Crippen LogP contribution in [0.15, 0.2) is 24.3 Å². The number of nitrogens with two attached hydrogens (primary N) is 1. The molecule has 0 aliphatic heterocycles. The van der Waals surface area contributed by atoms with E-state index < -0.39 is 47.6 Å². The molecule has 1 aromatic rings. The van der Waals surface area contributed by atoms with Gasteiger partial charge in [-0.3, -0.25) is 14.4 Å². The highest BCUT2D eigenvalue weighted by atomic mass is 19.4. The minimum absolute atomic E-state index is 0.0952. The average molecular weight is 390 g/mol. The number of hydrogen-bond acceptors (Lipinski definition) is 5. The maximum atomic E-state index is 12.6. The van der Waals surface area contributed by atoms with E-state index in [9.17, 15) is 32.7 Å². The van der Waals surface area contributed by atoms with E-state index in [1.807, 2.05) is 0 Å². The predicted octanol–water partition coefficient (Wildman–Crippen LogP) is 1.30. The number of esters is 1. The predicted molar refractivity (Wildman–Crippen MR) is 87.9 cm³/mol. The fraction of sp³-hybridized carbons (Fsp3) is 0.471. The zero-order valence-corrected chi connectivity index (χ0v) is 14.7. The summed E-state index contributed by atoms with van der Waals surface area (Å²) in [5.41, 5.74) is 4.17. The molecule has 0 spiro atoms. The lowest BCUT2D eigenvalue weighted by Crippen LogP contribution is -2.47. The van der Waals surface area contributed by atoms with Crippen molar-refractivity contribution >= 4 is 17.8 Å². The zero-order chi connectivity index (χ0) is 20.8. The topological polar surface area (TPSA) is 119 Å². The van der Waals surface area contributed by atoms with Crippen molar-refractivity contribution in [3.8, 4) is 0 Å².